The molecule has 0 aromatic heterocycles. The fraction of sp³-hybridized carbons (Fsp3) is 0.250. The number of nitro groups is 1. The number of non-ortho nitro benzene ring substituents is 1. The SMILES string of the molecule is O=[N+]([O-])c1ccc(NCCOP(=O)(O)OP(=O)(O)O)cc1. The first-order chi connectivity index (χ1) is 9.59. The number of phosphoric acid groups is 2. The number of benzene rings is 1. The first kappa shape index (κ1) is 17.7. The molecule has 0 heterocycles. The third-order valence-electron chi connectivity index (χ3n) is 1.97. The van der Waals surface area contributed by atoms with Crippen LogP contribution < -0.4 is 5.32 Å². The van der Waals surface area contributed by atoms with E-state index in [1.165, 1.54) is 24.3 Å². The average Bonchev–Trinajstić information content (AvgIpc) is 2.32. The highest BCUT2D eigenvalue weighted by molar-refractivity contribution is 7.60. The maximum atomic E-state index is 11.1. The topological polar surface area (TPSA) is 168 Å². The number of nitro benzene ring substituents is 1. The summed E-state index contributed by atoms with van der Waals surface area (Å²) in [6.45, 7) is -0.377. The molecule has 0 spiro atoms. The Morgan fingerprint density at radius 1 is 1.19 bits per heavy atom. The van der Waals surface area contributed by atoms with Crippen LogP contribution >= 0.6 is 15.6 Å². The second kappa shape index (κ2) is 7.10. The van der Waals surface area contributed by atoms with Gasteiger partial charge < -0.3 is 20.0 Å². The molecule has 1 aromatic carbocycles. The molecule has 11 nitrogen and oxygen atoms in total. The zero-order chi connectivity index (χ0) is 16.1. The van der Waals surface area contributed by atoms with Crippen LogP contribution in [0.5, 0.6) is 0 Å². The van der Waals surface area contributed by atoms with Gasteiger partial charge in [-0.05, 0) is 12.1 Å². The molecule has 1 aromatic rings. The molecule has 4 N–H and O–H groups in total. The number of phosphoric ester groups is 1. The molecular weight excluding hydrogens is 330 g/mol. The molecule has 0 amide bonds. The van der Waals surface area contributed by atoms with Gasteiger partial charge in [0.1, 0.15) is 0 Å². The van der Waals surface area contributed by atoms with Crippen LogP contribution in [0.4, 0.5) is 11.4 Å². The van der Waals surface area contributed by atoms with Gasteiger partial charge in [-0.15, -0.1) is 0 Å². The van der Waals surface area contributed by atoms with Gasteiger partial charge in [-0.1, -0.05) is 0 Å². The summed E-state index contributed by atoms with van der Waals surface area (Å²) in [5.41, 5.74) is 0.402. The van der Waals surface area contributed by atoms with Crippen LogP contribution in [-0.2, 0) is 18.0 Å². The van der Waals surface area contributed by atoms with Gasteiger partial charge in [-0.3, -0.25) is 14.6 Å². The molecule has 118 valence electrons. The Morgan fingerprint density at radius 3 is 2.24 bits per heavy atom. The highest BCUT2D eigenvalue weighted by Gasteiger charge is 2.31. The summed E-state index contributed by atoms with van der Waals surface area (Å²) < 4.78 is 29.3. The van der Waals surface area contributed by atoms with Gasteiger partial charge in [0.2, 0.25) is 0 Å². The Labute approximate surface area is 118 Å². The molecule has 0 aliphatic rings. The summed E-state index contributed by atoms with van der Waals surface area (Å²) in [5, 5.41) is 13.1. The summed E-state index contributed by atoms with van der Waals surface area (Å²) in [6, 6.07) is 5.36. The smallest absolute Gasteiger partial charge is 0.383 e. The fourth-order valence-corrected chi connectivity index (χ4v) is 2.80. The molecular formula is C8H12N2O9P2. The van der Waals surface area contributed by atoms with E-state index in [9.17, 15) is 19.2 Å². The number of hydrogen-bond acceptors (Lipinski definition) is 7. The first-order valence-corrected chi connectivity index (χ1v) is 8.34. The highest BCUT2D eigenvalue weighted by Crippen LogP contribution is 2.57. The number of hydrogen-bond donors (Lipinski definition) is 4. The van der Waals surface area contributed by atoms with Crippen molar-refractivity contribution in [2.45, 2.75) is 0 Å². The molecule has 1 atom stereocenters. The van der Waals surface area contributed by atoms with E-state index in [1.807, 2.05) is 0 Å². The highest BCUT2D eigenvalue weighted by atomic mass is 31.3. The van der Waals surface area contributed by atoms with Gasteiger partial charge in [0.05, 0.1) is 11.5 Å². The van der Waals surface area contributed by atoms with Crippen LogP contribution in [0.2, 0.25) is 0 Å². The molecule has 0 aliphatic heterocycles. The van der Waals surface area contributed by atoms with Crippen molar-refractivity contribution < 1.29 is 37.6 Å². The summed E-state index contributed by atoms with van der Waals surface area (Å²) in [4.78, 5) is 35.6. The summed E-state index contributed by atoms with van der Waals surface area (Å²) >= 11 is 0. The van der Waals surface area contributed by atoms with E-state index in [2.05, 4.69) is 14.2 Å². The third kappa shape index (κ3) is 7.30. The van der Waals surface area contributed by atoms with Crippen LogP contribution in [0.15, 0.2) is 24.3 Å². The Morgan fingerprint density at radius 2 is 1.76 bits per heavy atom. The molecule has 0 saturated heterocycles. The quantitative estimate of drug-likeness (QED) is 0.233. The minimum absolute atomic E-state index is 0.00683. The predicted octanol–water partition coefficient (Wildman–Crippen LogP) is 1.23. The Kier molecular flexibility index (Phi) is 5.99. The lowest BCUT2D eigenvalue weighted by atomic mass is 10.3. The fourth-order valence-electron chi connectivity index (χ4n) is 1.22. The Hall–Kier alpha value is -1.32. The number of nitrogens with one attached hydrogen (secondary N) is 1. The van der Waals surface area contributed by atoms with E-state index >= 15 is 0 Å². The molecule has 0 bridgehead atoms. The molecule has 0 aliphatic carbocycles. The standard InChI is InChI=1S/C8H12N2O9P2/c11-10(12)8-3-1-7(2-4-8)9-5-6-18-21(16,17)19-20(13,14)15/h1-4,9H,5-6H2,(H,16,17)(H2,13,14,15). The van der Waals surface area contributed by atoms with Gasteiger partial charge in [0.15, 0.2) is 0 Å². The minimum Gasteiger partial charge on any atom is -0.383 e. The van der Waals surface area contributed by atoms with Crippen molar-refractivity contribution in [2.24, 2.45) is 0 Å². The van der Waals surface area contributed by atoms with Crippen molar-refractivity contribution in [3.8, 4) is 0 Å². The van der Waals surface area contributed by atoms with Crippen molar-refractivity contribution in [3.05, 3.63) is 34.4 Å². The number of anilines is 1. The lowest BCUT2D eigenvalue weighted by molar-refractivity contribution is -0.384. The van der Waals surface area contributed by atoms with Crippen LogP contribution in [0, 0.1) is 10.1 Å². The van der Waals surface area contributed by atoms with Crippen LogP contribution in [0.1, 0.15) is 0 Å². The largest absolute Gasteiger partial charge is 0.481 e. The van der Waals surface area contributed by atoms with E-state index < -0.39 is 20.6 Å². The van der Waals surface area contributed by atoms with Gasteiger partial charge in [0.25, 0.3) is 5.69 Å². The first-order valence-electron chi connectivity index (χ1n) is 5.32. The molecule has 1 unspecified atom stereocenters. The van der Waals surface area contributed by atoms with Crippen molar-refractivity contribution in [3.63, 3.8) is 0 Å². The maximum Gasteiger partial charge on any atom is 0.481 e. The van der Waals surface area contributed by atoms with Gasteiger partial charge in [-0.2, -0.15) is 4.31 Å². The molecule has 21 heavy (non-hydrogen) atoms. The van der Waals surface area contributed by atoms with E-state index in [4.69, 9.17) is 14.7 Å². The van der Waals surface area contributed by atoms with Crippen LogP contribution in [0.25, 0.3) is 0 Å². The molecule has 0 saturated carbocycles. The minimum atomic E-state index is -5.13. The monoisotopic (exact) mass is 342 g/mol. The molecule has 1 rings (SSSR count). The van der Waals surface area contributed by atoms with Crippen molar-refractivity contribution >= 4 is 27.0 Å². The van der Waals surface area contributed by atoms with E-state index in [0.29, 0.717) is 5.69 Å². The molecule has 0 radical (unpaired) electrons. The summed E-state index contributed by atoms with van der Waals surface area (Å²) in [5.74, 6) is 0. The molecule has 13 heteroatoms. The Balaban J connectivity index is 2.39. The summed E-state index contributed by atoms with van der Waals surface area (Å²) in [7, 11) is -9.98. The van der Waals surface area contributed by atoms with Crippen molar-refractivity contribution in [1.29, 1.82) is 0 Å². The lowest BCUT2D eigenvalue weighted by Gasteiger charge is -2.12. The third-order valence-corrected chi connectivity index (χ3v) is 4.16. The van der Waals surface area contributed by atoms with Gasteiger partial charge in [0, 0.05) is 24.4 Å². The Bertz CT molecular complexity index is 584. The second-order valence-corrected chi connectivity index (χ2v) is 6.43. The number of rotatable bonds is 8. The maximum absolute atomic E-state index is 11.1. The number of nitrogens with zero attached hydrogens (tertiary/aromatic N) is 1. The lowest BCUT2D eigenvalue weighted by Crippen LogP contribution is -2.09. The zero-order valence-electron chi connectivity index (χ0n) is 10.4. The zero-order valence-corrected chi connectivity index (χ0v) is 12.1. The van der Waals surface area contributed by atoms with Crippen molar-refractivity contribution in [2.75, 3.05) is 18.5 Å². The normalized spacial score (nSPS) is 14.4. The average molecular weight is 342 g/mol. The van der Waals surface area contributed by atoms with E-state index in [0.717, 1.165) is 0 Å². The van der Waals surface area contributed by atoms with E-state index in [-0.39, 0.29) is 18.8 Å². The van der Waals surface area contributed by atoms with E-state index in [1.54, 1.807) is 0 Å². The van der Waals surface area contributed by atoms with Crippen molar-refractivity contribution in [1.82, 2.24) is 0 Å². The second-order valence-electron chi connectivity index (χ2n) is 3.60. The predicted molar refractivity (Wildman–Crippen MR) is 70.5 cm³/mol. The van der Waals surface area contributed by atoms with Crippen LogP contribution in [-0.4, -0.2) is 32.8 Å². The van der Waals surface area contributed by atoms with Gasteiger partial charge >= 0.3 is 15.6 Å². The molecule has 0 fully saturated rings. The van der Waals surface area contributed by atoms with Gasteiger partial charge in [-0.25, -0.2) is 9.13 Å². The summed E-state index contributed by atoms with van der Waals surface area (Å²) in [6.07, 6.45) is 0. The van der Waals surface area contributed by atoms with Crippen LogP contribution in [0.3, 0.4) is 0 Å².